The molecule has 2 N–H and O–H groups in total. The molecule has 0 saturated heterocycles. The number of hydrogen-bond donors (Lipinski definition) is 2. The summed E-state index contributed by atoms with van der Waals surface area (Å²) in [4.78, 5) is 19.1. The summed E-state index contributed by atoms with van der Waals surface area (Å²) in [5.41, 5.74) is 2.55. The zero-order valence-corrected chi connectivity index (χ0v) is 10.1. The maximum absolute atomic E-state index is 11.0. The average molecular weight is 243 g/mol. The van der Waals surface area contributed by atoms with Gasteiger partial charge in [0.25, 0.3) is 0 Å². The Labute approximate surface area is 105 Å². The van der Waals surface area contributed by atoms with Crippen molar-refractivity contribution >= 4 is 17.5 Å². The van der Waals surface area contributed by atoms with Crippen LogP contribution in [0.1, 0.15) is 21.6 Å². The highest BCUT2D eigenvalue weighted by molar-refractivity contribution is 5.90. The van der Waals surface area contributed by atoms with E-state index in [1.54, 1.807) is 25.1 Å². The molecule has 0 aliphatic carbocycles. The van der Waals surface area contributed by atoms with Gasteiger partial charge in [0.05, 0.1) is 5.56 Å². The molecule has 18 heavy (non-hydrogen) atoms. The minimum atomic E-state index is -0.935. The lowest BCUT2D eigenvalue weighted by molar-refractivity contribution is 0.0696. The van der Waals surface area contributed by atoms with Gasteiger partial charge >= 0.3 is 5.97 Å². The zero-order valence-electron chi connectivity index (χ0n) is 10.1. The molecule has 0 fully saturated rings. The van der Waals surface area contributed by atoms with Crippen molar-refractivity contribution < 1.29 is 9.90 Å². The molecule has 92 valence electrons. The molecular weight excluding hydrogens is 230 g/mol. The van der Waals surface area contributed by atoms with Gasteiger partial charge < -0.3 is 10.4 Å². The van der Waals surface area contributed by atoms with E-state index in [4.69, 9.17) is 5.11 Å². The lowest BCUT2D eigenvalue weighted by Gasteiger charge is -2.08. The summed E-state index contributed by atoms with van der Waals surface area (Å²) in [6, 6.07) is 6.97. The Bertz CT molecular complexity index is 597. The summed E-state index contributed by atoms with van der Waals surface area (Å²) < 4.78 is 0. The molecule has 0 aliphatic heterocycles. The first-order valence-corrected chi connectivity index (χ1v) is 5.46. The second kappa shape index (κ2) is 4.83. The van der Waals surface area contributed by atoms with Gasteiger partial charge in [-0.3, -0.25) is 0 Å². The second-order valence-electron chi connectivity index (χ2n) is 4.00. The van der Waals surface area contributed by atoms with Crippen LogP contribution < -0.4 is 5.32 Å². The van der Waals surface area contributed by atoms with Crippen LogP contribution in [0, 0.1) is 13.8 Å². The summed E-state index contributed by atoms with van der Waals surface area (Å²) >= 11 is 0. The first-order chi connectivity index (χ1) is 8.56. The third-order valence-corrected chi connectivity index (χ3v) is 2.54. The van der Waals surface area contributed by atoms with Gasteiger partial charge in [-0.2, -0.15) is 0 Å². The van der Waals surface area contributed by atoms with E-state index in [1.807, 2.05) is 13.0 Å². The van der Waals surface area contributed by atoms with Crippen LogP contribution in [0.15, 0.2) is 30.6 Å². The van der Waals surface area contributed by atoms with Crippen LogP contribution in [0.2, 0.25) is 0 Å². The zero-order chi connectivity index (χ0) is 13.1. The lowest BCUT2D eigenvalue weighted by Crippen LogP contribution is -2.02. The van der Waals surface area contributed by atoms with Crippen molar-refractivity contribution in [3.63, 3.8) is 0 Å². The summed E-state index contributed by atoms with van der Waals surface area (Å²) in [5, 5.41) is 12.1. The quantitative estimate of drug-likeness (QED) is 0.866. The number of hydrogen-bond acceptors (Lipinski definition) is 4. The van der Waals surface area contributed by atoms with Gasteiger partial charge in [0.2, 0.25) is 0 Å². The number of aromatic carboxylic acids is 1. The fraction of sp³-hybridized carbons (Fsp3) is 0.154. The summed E-state index contributed by atoms with van der Waals surface area (Å²) in [6.45, 7) is 3.63. The molecule has 0 saturated carbocycles. The van der Waals surface area contributed by atoms with Crippen molar-refractivity contribution in [3.05, 3.63) is 47.4 Å². The number of aromatic nitrogens is 2. The molecule has 1 heterocycles. The van der Waals surface area contributed by atoms with E-state index >= 15 is 0 Å². The number of carboxylic acids is 1. The number of nitrogens with zero attached hydrogens (tertiary/aromatic N) is 2. The maximum Gasteiger partial charge on any atom is 0.336 e. The molecule has 5 nitrogen and oxygen atoms in total. The Morgan fingerprint density at radius 1 is 1.22 bits per heavy atom. The molecule has 2 rings (SSSR count). The Morgan fingerprint density at radius 3 is 2.67 bits per heavy atom. The van der Waals surface area contributed by atoms with Crippen LogP contribution in [0.25, 0.3) is 0 Å². The number of anilines is 2. The van der Waals surface area contributed by atoms with Gasteiger partial charge in [-0.05, 0) is 31.5 Å². The largest absolute Gasteiger partial charge is 0.478 e. The van der Waals surface area contributed by atoms with Crippen LogP contribution in [-0.4, -0.2) is 21.0 Å². The number of aryl methyl sites for hydroxylation is 2. The van der Waals surface area contributed by atoms with Crippen LogP contribution in [0.4, 0.5) is 11.5 Å². The van der Waals surface area contributed by atoms with E-state index in [0.29, 0.717) is 11.5 Å². The van der Waals surface area contributed by atoms with Gasteiger partial charge in [0, 0.05) is 17.4 Å². The molecule has 2 aromatic rings. The third-order valence-electron chi connectivity index (χ3n) is 2.54. The van der Waals surface area contributed by atoms with Crippen LogP contribution >= 0.6 is 0 Å². The van der Waals surface area contributed by atoms with Crippen LogP contribution in [0.5, 0.6) is 0 Å². The molecule has 0 unspecified atom stereocenters. The van der Waals surface area contributed by atoms with Crippen LogP contribution in [-0.2, 0) is 0 Å². The number of rotatable bonds is 3. The van der Waals surface area contributed by atoms with Gasteiger partial charge in [-0.15, -0.1) is 0 Å². The van der Waals surface area contributed by atoms with E-state index in [9.17, 15) is 4.79 Å². The first-order valence-electron chi connectivity index (χ1n) is 5.46. The Morgan fingerprint density at radius 2 is 2.00 bits per heavy atom. The lowest BCUT2D eigenvalue weighted by atomic mass is 10.1. The molecule has 5 heteroatoms. The fourth-order valence-electron chi connectivity index (χ4n) is 1.60. The first kappa shape index (κ1) is 12.0. The van der Waals surface area contributed by atoms with Crippen molar-refractivity contribution in [3.8, 4) is 0 Å². The predicted molar refractivity (Wildman–Crippen MR) is 68.2 cm³/mol. The Hall–Kier alpha value is -2.43. The molecule has 0 amide bonds. The van der Waals surface area contributed by atoms with E-state index in [2.05, 4.69) is 15.3 Å². The predicted octanol–water partition coefficient (Wildman–Crippen LogP) is 2.54. The summed E-state index contributed by atoms with van der Waals surface area (Å²) in [7, 11) is 0. The van der Waals surface area contributed by atoms with Gasteiger partial charge in [0.1, 0.15) is 12.1 Å². The van der Waals surface area contributed by atoms with Gasteiger partial charge in [0.15, 0.2) is 0 Å². The van der Waals surface area contributed by atoms with Crippen LogP contribution in [0.3, 0.4) is 0 Å². The van der Waals surface area contributed by atoms with E-state index in [0.717, 1.165) is 11.3 Å². The fourth-order valence-corrected chi connectivity index (χ4v) is 1.60. The number of carbonyl (C=O) groups is 1. The third kappa shape index (κ3) is 2.63. The van der Waals surface area contributed by atoms with Crippen molar-refractivity contribution in [2.24, 2.45) is 0 Å². The average Bonchev–Trinajstić information content (AvgIpc) is 2.31. The SMILES string of the molecule is Cc1cc(Nc2ccc(C)c(C(=O)O)c2)ncn1. The molecule has 0 spiro atoms. The molecule has 0 bridgehead atoms. The van der Waals surface area contributed by atoms with Crippen molar-refractivity contribution in [1.82, 2.24) is 9.97 Å². The standard InChI is InChI=1S/C13H13N3O2/c1-8-3-4-10(6-11(8)13(17)18)16-12-5-9(2)14-7-15-12/h3-7H,1-2H3,(H,17,18)(H,14,15,16). The van der Waals surface area contributed by atoms with Gasteiger partial charge in [-0.1, -0.05) is 6.07 Å². The normalized spacial score (nSPS) is 10.1. The van der Waals surface area contributed by atoms with Crippen molar-refractivity contribution in [2.75, 3.05) is 5.32 Å². The monoisotopic (exact) mass is 243 g/mol. The molecule has 1 aromatic carbocycles. The molecule has 1 aromatic heterocycles. The molecule has 0 atom stereocenters. The number of benzene rings is 1. The molecule has 0 aliphatic rings. The maximum atomic E-state index is 11.0. The van der Waals surface area contributed by atoms with Gasteiger partial charge in [-0.25, -0.2) is 14.8 Å². The Kier molecular flexibility index (Phi) is 3.23. The number of carboxylic acid groups (broad SMARTS) is 1. The highest BCUT2D eigenvalue weighted by Crippen LogP contribution is 2.18. The number of nitrogens with one attached hydrogen (secondary N) is 1. The summed E-state index contributed by atoms with van der Waals surface area (Å²) in [6.07, 6.45) is 1.46. The smallest absolute Gasteiger partial charge is 0.336 e. The van der Waals surface area contributed by atoms with E-state index < -0.39 is 5.97 Å². The highest BCUT2D eigenvalue weighted by atomic mass is 16.4. The van der Waals surface area contributed by atoms with Crippen molar-refractivity contribution in [2.45, 2.75) is 13.8 Å². The van der Waals surface area contributed by atoms with E-state index in [1.165, 1.54) is 6.33 Å². The highest BCUT2D eigenvalue weighted by Gasteiger charge is 2.08. The minimum Gasteiger partial charge on any atom is -0.478 e. The van der Waals surface area contributed by atoms with Crippen molar-refractivity contribution in [1.29, 1.82) is 0 Å². The molecular formula is C13H13N3O2. The Balaban J connectivity index is 2.30. The van der Waals surface area contributed by atoms with E-state index in [-0.39, 0.29) is 5.56 Å². The molecule has 0 radical (unpaired) electrons. The second-order valence-corrected chi connectivity index (χ2v) is 4.00. The topological polar surface area (TPSA) is 75.1 Å². The minimum absolute atomic E-state index is 0.283. The summed E-state index contributed by atoms with van der Waals surface area (Å²) in [5.74, 6) is -0.294.